The second-order valence-electron chi connectivity index (χ2n) is 2.98. The molecule has 0 radical (unpaired) electrons. The number of hydrogen-bond donors (Lipinski definition) is 1. The van der Waals surface area contributed by atoms with Crippen molar-refractivity contribution in [3.05, 3.63) is 29.8 Å². The lowest BCUT2D eigenvalue weighted by atomic mass is 10.2. The van der Waals surface area contributed by atoms with Crippen LogP contribution in [0.3, 0.4) is 0 Å². The average molecular weight is 179 g/mol. The maximum absolute atomic E-state index is 11.1. The van der Waals surface area contributed by atoms with Crippen molar-refractivity contribution in [3.8, 4) is 5.75 Å². The van der Waals surface area contributed by atoms with Gasteiger partial charge in [0, 0.05) is 0 Å². The molecule has 0 unspecified atom stereocenters. The third-order valence-electron chi connectivity index (χ3n) is 1.68. The van der Waals surface area contributed by atoms with Crippen molar-refractivity contribution in [2.75, 3.05) is 0 Å². The van der Waals surface area contributed by atoms with Gasteiger partial charge < -0.3 is 10.5 Å². The van der Waals surface area contributed by atoms with Gasteiger partial charge in [-0.3, -0.25) is 0 Å². The molecule has 1 aromatic rings. The third-order valence-corrected chi connectivity index (χ3v) is 1.68. The molecule has 13 heavy (non-hydrogen) atoms. The standard InChI is InChI=1S/C10H13NO2/c1-7-5-3-4-6-9(7)13-10(12)8(2)11/h3-6,8H,11H2,1-2H3/t8-/m1/s1. The van der Waals surface area contributed by atoms with Gasteiger partial charge in [0.05, 0.1) is 0 Å². The smallest absolute Gasteiger partial charge is 0.328 e. The van der Waals surface area contributed by atoms with E-state index in [1.807, 2.05) is 25.1 Å². The third kappa shape index (κ3) is 2.56. The Balaban J connectivity index is 2.75. The summed E-state index contributed by atoms with van der Waals surface area (Å²) in [5.41, 5.74) is 6.29. The maximum Gasteiger partial charge on any atom is 0.328 e. The first-order valence-electron chi connectivity index (χ1n) is 4.14. The molecule has 0 aromatic heterocycles. The zero-order valence-electron chi connectivity index (χ0n) is 7.78. The molecule has 2 N–H and O–H groups in total. The molecular formula is C10H13NO2. The van der Waals surface area contributed by atoms with E-state index in [0.717, 1.165) is 5.56 Å². The molecule has 1 rings (SSSR count). The summed E-state index contributed by atoms with van der Waals surface area (Å²) >= 11 is 0. The minimum absolute atomic E-state index is 0.408. The Morgan fingerprint density at radius 1 is 1.46 bits per heavy atom. The zero-order valence-corrected chi connectivity index (χ0v) is 7.78. The van der Waals surface area contributed by atoms with Crippen LogP contribution < -0.4 is 10.5 Å². The second-order valence-corrected chi connectivity index (χ2v) is 2.98. The van der Waals surface area contributed by atoms with Gasteiger partial charge in [0.25, 0.3) is 0 Å². The fourth-order valence-electron chi connectivity index (χ4n) is 0.872. The van der Waals surface area contributed by atoms with Gasteiger partial charge >= 0.3 is 5.97 Å². The fraction of sp³-hybridized carbons (Fsp3) is 0.300. The Morgan fingerprint density at radius 3 is 2.62 bits per heavy atom. The molecule has 0 spiro atoms. The Labute approximate surface area is 77.5 Å². The first-order valence-corrected chi connectivity index (χ1v) is 4.14. The number of carbonyl (C=O) groups is 1. The van der Waals surface area contributed by atoms with Crippen LogP contribution in [0.4, 0.5) is 0 Å². The first kappa shape index (κ1) is 9.74. The topological polar surface area (TPSA) is 52.3 Å². The fourth-order valence-corrected chi connectivity index (χ4v) is 0.872. The van der Waals surface area contributed by atoms with Gasteiger partial charge in [-0.15, -0.1) is 0 Å². The maximum atomic E-state index is 11.1. The molecule has 0 heterocycles. The van der Waals surface area contributed by atoms with Crippen LogP contribution in [0.2, 0.25) is 0 Å². The van der Waals surface area contributed by atoms with E-state index in [9.17, 15) is 4.79 Å². The van der Waals surface area contributed by atoms with E-state index >= 15 is 0 Å². The second kappa shape index (κ2) is 4.05. The molecule has 70 valence electrons. The summed E-state index contributed by atoms with van der Waals surface area (Å²) in [6, 6.07) is 6.74. The molecule has 3 nitrogen and oxygen atoms in total. The molecule has 0 fully saturated rings. The number of ether oxygens (including phenoxy) is 1. The summed E-state index contributed by atoms with van der Waals surface area (Å²) in [6.07, 6.45) is 0. The van der Waals surface area contributed by atoms with Crippen molar-refractivity contribution in [3.63, 3.8) is 0 Å². The van der Waals surface area contributed by atoms with E-state index in [4.69, 9.17) is 10.5 Å². The molecule has 0 aliphatic carbocycles. The molecule has 3 heteroatoms. The van der Waals surface area contributed by atoms with Crippen LogP contribution in [0.15, 0.2) is 24.3 Å². The number of rotatable bonds is 2. The van der Waals surface area contributed by atoms with Crippen molar-refractivity contribution >= 4 is 5.97 Å². The van der Waals surface area contributed by atoms with E-state index in [0.29, 0.717) is 5.75 Å². The Kier molecular flexibility index (Phi) is 3.03. The highest BCUT2D eigenvalue weighted by Gasteiger charge is 2.10. The Bertz CT molecular complexity index is 308. The average Bonchev–Trinajstić information content (AvgIpc) is 2.08. The van der Waals surface area contributed by atoms with Gasteiger partial charge in [0.1, 0.15) is 11.8 Å². The monoisotopic (exact) mass is 179 g/mol. The number of para-hydroxylation sites is 1. The highest BCUT2D eigenvalue weighted by molar-refractivity contribution is 5.77. The lowest BCUT2D eigenvalue weighted by Crippen LogP contribution is -2.31. The van der Waals surface area contributed by atoms with Crippen molar-refractivity contribution in [1.82, 2.24) is 0 Å². The normalized spacial score (nSPS) is 12.2. The number of hydrogen-bond acceptors (Lipinski definition) is 3. The van der Waals surface area contributed by atoms with E-state index in [1.165, 1.54) is 0 Å². The van der Waals surface area contributed by atoms with Crippen LogP contribution in [-0.2, 0) is 4.79 Å². The van der Waals surface area contributed by atoms with Gasteiger partial charge in [0.15, 0.2) is 0 Å². The molecule has 0 aliphatic rings. The van der Waals surface area contributed by atoms with Crippen molar-refractivity contribution in [1.29, 1.82) is 0 Å². The van der Waals surface area contributed by atoms with Crippen molar-refractivity contribution in [2.45, 2.75) is 19.9 Å². The zero-order chi connectivity index (χ0) is 9.84. The van der Waals surface area contributed by atoms with Crippen LogP contribution in [0, 0.1) is 6.92 Å². The van der Waals surface area contributed by atoms with E-state index in [1.54, 1.807) is 13.0 Å². The van der Waals surface area contributed by atoms with Gasteiger partial charge in [-0.05, 0) is 25.5 Å². The number of esters is 1. The number of carbonyl (C=O) groups excluding carboxylic acids is 1. The number of benzene rings is 1. The minimum Gasteiger partial charge on any atom is -0.425 e. The van der Waals surface area contributed by atoms with Crippen LogP contribution in [0.1, 0.15) is 12.5 Å². The summed E-state index contributed by atoms with van der Waals surface area (Å²) in [5.74, 6) is 0.166. The Morgan fingerprint density at radius 2 is 2.08 bits per heavy atom. The highest BCUT2D eigenvalue weighted by atomic mass is 16.5. The molecule has 1 aromatic carbocycles. The van der Waals surface area contributed by atoms with Crippen molar-refractivity contribution in [2.24, 2.45) is 5.73 Å². The molecule has 0 amide bonds. The van der Waals surface area contributed by atoms with Gasteiger partial charge in [-0.2, -0.15) is 0 Å². The lowest BCUT2D eigenvalue weighted by Gasteiger charge is -2.08. The van der Waals surface area contributed by atoms with Crippen LogP contribution >= 0.6 is 0 Å². The quantitative estimate of drug-likeness (QED) is 0.549. The number of aryl methyl sites for hydroxylation is 1. The summed E-state index contributed by atoms with van der Waals surface area (Å²) in [4.78, 5) is 11.1. The van der Waals surface area contributed by atoms with Gasteiger partial charge in [0.2, 0.25) is 0 Å². The van der Waals surface area contributed by atoms with Crippen molar-refractivity contribution < 1.29 is 9.53 Å². The molecule has 1 atom stereocenters. The molecule has 0 saturated heterocycles. The minimum atomic E-state index is -0.584. The molecule has 0 aliphatic heterocycles. The van der Waals surface area contributed by atoms with E-state index < -0.39 is 12.0 Å². The number of nitrogens with two attached hydrogens (primary N) is 1. The summed E-state index contributed by atoms with van der Waals surface area (Å²) in [6.45, 7) is 3.48. The highest BCUT2D eigenvalue weighted by Crippen LogP contribution is 2.16. The first-order chi connectivity index (χ1) is 6.11. The van der Waals surface area contributed by atoms with Crippen LogP contribution in [-0.4, -0.2) is 12.0 Å². The Hall–Kier alpha value is -1.35. The SMILES string of the molecule is Cc1ccccc1OC(=O)[C@@H](C)N. The molecule has 0 bridgehead atoms. The van der Waals surface area contributed by atoms with Gasteiger partial charge in [-0.1, -0.05) is 18.2 Å². The summed E-state index contributed by atoms with van der Waals surface area (Å²) < 4.78 is 5.04. The summed E-state index contributed by atoms with van der Waals surface area (Å²) in [5, 5.41) is 0. The molecule has 0 saturated carbocycles. The van der Waals surface area contributed by atoms with Crippen LogP contribution in [0.5, 0.6) is 5.75 Å². The van der Waals surface area contributed by atoms with E-state index in [-0.39, 0.29) is 0 Å². The van der Waals surface area contributed by atoms with E-state index in [2.05, 4.69) is 0 Å². The van der Waals surface area contributed by atoms with Crippen LogP contribution in [0.25, 0.3) is 0 Å². The predicted molar refractivity (Wildman–Crippen MR) is 50.5 cm³/mol. The summed E-state index contributed by atoms with van der Waals surface area (Å²) in [7, 11) is 0. The molecular weight excluding hydrogens is 166 g/mol. The lowest BCUT2D eigenvalue weighted by molar-refractivity contribution is -0.135. The predicted octanol–water partition coefficient (Wildman–Crippen LogP) is 1.25. The largest absolute Gasteiger partial charge is 0.425 e. The van der Waals surface area contributed by atoms with Gasteiger partial charge in [-0.25, -0.2) is 4.79 Å².